The Bertz CT molecular complexity index is 899. The van der Waals surface area contributed by atoms with Crippen molar-refractivity contribution in [2.75, 3.05) is 28.4 Å². The highest BCUT2D eigenvalue weighted by Gasteiger charge is 2.21. The number of rotatable bonds is 8. The summed E-state index contributed by atoms with van der Waals surface area (Å²) in [6.45, 7) is 3.81. The maximum atomic E-state index is 12.8. The van der Waals surface area contributed by atoms with E-state index in [4.69, 9.17) is 18.9 Å². The molecule has 0 amide bonds. The molecule has 0 saturated carbocycles. The molecule has 8 heteroatoms. The van der Waals surface area contributed by atoms with E-state index in [0.717, 1.165) is 11.1 Å². The van der Waals surface area contributed by atoms with Gasteiger partial charge in [-0.15, -0.1) is 0 Å². The Balaban J connectivity index is 2.34. The fraction of sp³-hybridized carbons (Fsp3) is 0.368. The molecule has 2 rings (SSSR count). The number of sulfonamides is 1. The molecular formula is C19H25NO6S. The highest BCUT2D eigenvalue weighted by molar-refractivity contribution is 7.89. The van der Waals surface area contributed by atoms with Crippen LogP contribution in [0, 0.1) is 13.8 Å². The van der Waals surface area contributed by atoms with Crippen molar-refractivity contribution in [3.05, 3.63) is 41.0 Å². The summed E-state index contributed by atoms with van der Waals surface area (Å²) in [5.41, 5.74) is 2.48. The molecule has 2 aromatic rings. The summed E-state index contributed by atoms with van der Waals surface area (Å²) in [7, 11) is 2.18. The Morgan fingerprint density at radius 1 is 0.778 bits per heavy atom. The molecule has 0 unspecified atom stereocenters. The van der Waals surface area contributed by atoms with Crippen LogP contribution in [0.1, 0.15) is 16.7 Å². The Labute approximate surface area is 160 Å². The minimum Gasteiger partial charge on any atom is -0.495 e. The van der Waals surface area contributed by atoms with E-state index < -0.39 is 10.0 Å². The molecule has 0 bridgehead atoms. The molecule has 0 fully saturated rings. The lowest BCUT2D eigenvalue weighted by Gasteiger charge is -2.16. The Morgan fingerprint density at radius 3 is 1.78 bits per heavy atom. The van der Waals surface area contributed by atoms with Gasteiger partial charge in [0.05, 0.1) is 28.4 Å². The van der Waals surface area contributed by atoms with E-state index in [1.54, 1.807) is 24.3 Å². The van der Waals surface area contributed by atoms with Gasteiger partial charge in [0, 0.05) is 6.54 Å². The molecule has 0 aliphatic carbocycles. The Morgan fingerprint density at radius 2 is 1.30 bits per heavy atom. The van der Waals surface area contributed by atoms with E-state index in [1.165, 1.54) is 28.4 Å². The minimum atomic E-state index is -3.78. The highest BCUT2D eigenvalue weighted by Crippen LogP contribution is 2.38. The predicted octanol–water partition coefficient (Wildman–Crippen LogP) is 2.82. The van der Waals surface area contributed by atoms with E-state index in [1.807, 2.05) is 13.8 Å². The third-order valence-corrected chi connectivity index (χ3v) is 5.68. The van der Waals surface area contributed by atoms with Gasteiger partial charge >= 0.3 is 0 Å². The third kappa shape index (κ3) is 4.45. The number of aryl methyl sites for hydroxylation is 2. The maximum Gasteiger partial charge on any atom is 0.244 e. The number of hydrogen-bond acceptors (Lipinski definition) is 6. The zero-order chi connectivity index (χ0) is 20.2. The smallest absolute Gasteiger partial charge is 0.244 e. The SMILES string of the molecule is COc1cc(C)c(C)cc1S(=O)(=O)NCc1cc(OC)c(OC)c(OC)c1. The van der Waals surface area contributed by atoms with Crippen molar-refractivity contribution in [1.82, 2.24) is 4.72 Å². The average Bonchev–Trinajstić information content (AvgIpc) is 2.66. The van der Waals surface area contributed by atoms with Crippen molar-refractivity contribution in [2.24, 2.45) is 0 Å². The van der Waals surface area contributed by atoms with Gasteiger partial charge in [0.25, 0.3) is 0 Å². The van der Waals surface area contributed by atoms with Crippen LogP contribution in [0.5, 0.6) is 23.0 Å². The van der Waals surface area contributed by atoms with Crippen molar-refractivity contribution >= 4 is 10.0 Å². The molecular weight excluding hydrogens is 370 g/mol. The number of ether oxygens (including phenoxy) is 4. The van der Waals surface area contributed by atoms with Crippen molar-refractivity contribution in [1.29, 1.82) is 0 Å². The second kappa shape index (κ2) is 8.49. The van der Waals surface area contributed by atoms with Crippen molar-refractivity contribution in [2.45, 2.75) is 25.3 Å². The van der Waals surface area contributed by atoms with Crippen LogP contribution in [0.3, 0.4) is 0 Å². The highest BCUT2D eigenvalue weighted by atomic mass is 32.2. The van der Waals surface area contributed by atoms with Gasteiger partial charge in [-0.3, -0.25) is 0 Å². The first-order chi connectivity index (χ1) is 12.8. The van der Waals surface area contributed by atoms with Crippen molar-refractivity contribution < 1.29 is 27.4 Å². The van der Waals surface area contributed by atoms with Gasteiger partial charge in [0.2, 0.25) is 15.8 Å². The number of benzene rings is 2. The summed E-state index contributed by atoms with van der Waals surface area (Å²) in [6, 6.07) is 6.71. The summed E-state index contributed by atoms with van der Waals surface area (Å²) in [4.78, 5) is 0.0977. The topological polar surface area (TPSA) is 83.1 Å². The van der Waals surface area contributed by atoms with E-state index in [0.29, 0.717) is 28.6 Å². The number of nitrogens with one attached hydrogen (secondary N) is 1. The van der Waals surface area contributed by atoms with E-state index in [2.05, 4.69) is 4.72 Å². The number of methoxy groups -OCH3 is 4. The lowest BCUT2D eigenvalue weighted by Crippen LogP contribution is -2.24. The van der Waals surface area contributed by atoms with E-state index >= 15 is 0 Å². The van der Waals surface area contributed by atoms with Gasteiger partial charge in [-0.2, -0.15) is 0 Å². The molecule has 0 atom stereocenters. The van der Waals surface area contributed by atoms with Crippen LogP contribution in [-0.2, 0) is 16.6 Å². The lowest BCUT2D eigenvalue weighted by atomic mass is 10.1. The summed E-state index contributed by atoms with van der Waals surface area (Å²) < 4.78 is 49.3. The summed E-state index contributed by atoms with van der Waals surface area (Å²) in [6.07, 6.45) is 0. The Hall–Kier alpha value is -2.45. The van der Waals surface area contributed by atoms with Crippen LogP contribution < -0.4 is 23.7 Å². The van der Waals surface area contributed by atoms with Crippen molar-refractivity contribution in [3.63, 3.8) is 0 Å². The molecule has 0 aromatic heterocycles. The second-order valence-electron chi connectivity index (χ2n) is 5.95. The second-order valence-corrected chi connectivity index (χ2v) is 7.68. The van der Waals surface area contributed by atoms with Crippen LogP contribution in [0.25, 0.3) is 0 Å². The molecule has 27 heavy (non-hydrogen) atoms. The van der Waals surface area contributed by atoms with Crippen LogP contribution in [0.4, 0.5) is 0 Å². The summed E-state index contributed by atoms with van der Waals surface area (Å²) in [5, 5.41) is 0. The standard InChI is InChI=1S/C19H25NO6S/c1-12-7-15(23-3)18(8-13(12)2)27(21,22)20-11-14-9-16(24-4)19(26-6)17(10-14)25-5/h7-10,20H,11H2,1-6H3. The van der Waals surface area contributed by atoms with E-state index in [9.17, 15) is 8.42 Å². The fourth-order valence-electron chi connectivity index (χ4n) is 2.63. The molecule has 1 N–H and O–H groups in total. The van der Waals surface area contributed by atoms with Gasteiger partial charge in [0.15, 0.2) is 11.5 Å². The molecule has 0 radical (unpaired) electrons. The molecule has 2 aromatic carbocycles. The molecule has 0 spiro atoms. The quantitative estimate of drug-likeness (QED) is 0.740. The summed E-state index contributed by atoms with van der Waals surface area (Å²) >= 11 is 0. The first kappa shape index (κ1) is 20.9. The lowest BCUT2D eigenvalue weighted by molar-refractivity contribution is 0.323. The first-order valence-electron chi connectivity index (χ1n) is 8.21. The van der Waals surface area contributed by atoms with Gasteiger partial charge in [-0.1, -0.05) is 0 Å². The zero-order valence-electron chi connectivity index (χ0n) is 16.4. The molecule has 148 valence electrons. The largest absolute Gasteiger partial charge is 0.495 e. The van der Waals surface area contributed by atoms with Gasteiger partial charge in [-0.05, 0) is 54.8 Å². The minimum absolute atomic E-state index is 0.0507. The van der Waals surface area contributed by atoms with Crippen LogP contribution in [0.15, 0.2) is 29.2 Å². The molecule has 0 heterocycles. The van der Waals surface area contributed by atoms with Crippen LogP contribution in [-0.4, -0.2) is 36.9 Å². The molecule has 0 aliphatic rings. The molecule has 7 nitrogen and oxygen atoms in total. The molecule has 0 aliphatic heterocycles. The maximum absolute atomic E-state index is 12.8. The average molecular weight is 395 g/mol. The van der Waals surface area contributed by atoms with Gasteiger partial charge < -0.3 is 18.9 Å². The van der Waals surface area contributed by atoms with Crippen LogP contribution >= 0.6 is 0 Å². The normalized spacial score (nSPS) is 11.2. The number of hydrogen-bond donors (Lipinski definition) is 1. The van der Waals surface area contributed by atoms with Crippen molar-refractivity contribution in [3.8, 4) is 23.0 Å². The van der Waals surface area contributed by atoms with Gasteiger partial charge in [0.1, 0.15) is 10.6 Å². The van der Waals surface area contributed by atoms with Crippen LogP contribution in [0.2, 0.25) is 0 Å². The monoisotopic (exact) mass is 395 g/mol. The van der Waals surface area contributed by atoms with E-state index in [-0.39, 0.29) is 11.4 Å². The first-order valence-corrected chi connectivity index (χ1v) is 9.69. The predicted molar refractivity (Wildman–Crippen MR) is 103 cm³/mol. The molecule has 0 saturated heterocycles. The Kier molecular flexibility index (Phi) is 6.56. The third-order valence-electron chi connectivity index (χ3n) is 4.26. The fourth-order valence-corrected chi connectivity index (χ4v) is 3.88. The zero-order valence-corrected chi connectivity index (χ0v) is 17.2. The summed E-state index contributed by atoms with van der Waals surface area (Å²) in [5.74, 6) is 1.66. The van der Waals surface area contributed by atoms with Gasteiger partial charge in [-0.25, -0.2) is 13.1 Å².